The highest BCUT2D eigenvalue weighted by Crippen LogP contribution is 2.29. The van der Waals surface area contributed by atoms with Crippen LogP contribution in [0.15, 0.2) is 48.8 Å². The molecule has 25 heavy (non-hydrogen) atoms. The Kier molecular flexibility index (Phi) is 5.61. The number of unbranched alkanes of at least 4 members (excludes halogenated alkanes) is 1. The molecule has 0 saturated heterocycles. The van der Waals surface area contributed by atoms with Gasteiger partial charge in [0.15, 0.2) is 0 Å². The van der Waals surface area contributed by atoms with Gasteiger partial charge in [-0.05, 0) is 54.0 Å². The number of carbonyl (C=O) groups is 1. The largest absolute Gasteiger partial charge is 0.469 e. The van der Waals surface area contributed by atoms with Gasteiger partial charge in [-0.3, -0.25) is 9.78 Å². The third-order valence-electron chi connectivity index (χ3n) is 4.62. The maximum atomic E-state index is 11.3. The van der Waals surface area contributed by atoms with Crippen molar-refractivity contribution < 1.29 is 9.53 Å². The second-order valence-electron chi connectivity index (χ2n) is 6.48. The minimum Gasteiger partial charge on any atom is -0.469 e. The summed E-state index contributed by atoms with van der Waals surface area (Å²) in [6.07, 6.45) is 9.77. The summed E-state index contributed by atoms with van der Waals surface area (Å²) in [7, 11) is 1.43. The Labute approximate surface area is 148 Å². The molecule has 1 aromatic heterocycles. The second kappa shape index (κ2) is 8.08. The van der Waals surface area contributed by atoms with Gasteiger partial charge in [-0.2, -0.15) is 0 Å². The number of aromatic nitrogens is 1. The average Bonchev–Trinajstić information content (AvgIpc) is 3.01. The number of carbonyl (C=O) groups excluding carboxylic acids is 1. The number of nitrogens with two attached hydrogens (primary N) is 1. The van der Waals surface area contributed by atoms with Crippen molar-refractivity contribution in [2.75, 3.05) is 7.11 Å². The van der Waals surface area contributed by atoms with E-state index in [4.69, 9.17) is 10.5 Å². The molecular formula is C21H24N2O2. The van der Waals surface area contributed by atoms with Gasteiger partial charge in [0.05, 0.1) is 7.11 Å². The van der Waals surface area contributed by atoms with E-state index in [9.17, 15) is 4.79 Å². The number of pyridine rings is 1. The summed E-state index contributed by atoms with van der Waals surface area (Å²) >= 11 is 0. The van der Waals surface area contributed by atoms with E-state index in [2.05, 4.69) is 35.3 Å². The lowest BCUT2D eigenvalue weighted by molar-refractivity contribution is -0.140. The summed E-state index contributed by atoms with van der Waals surface area (Å²) in [6, 6.07) is 10.9. The van der Waals surface area contributed by atoms with Crippen molar-refractivity contribution in [2.45, 2.75) is 38.1 Å². The lowest BCUT2D eigenvalue weighted by atomic mass is 9.95. The second-order valence-corrected chi connectivity index (χ2v) is 6.48. The Morgan fingerprint density at radius 1 is 1.28 bits per heavy atom. The molecule has 130 valence electrons. The number of esters is 1. The molecule has 0 saturated carbocycles. The van der Waals surface area contributed by atoms with Crippen molar-refractivity contribution in [3.05, 3.63) is 71.1 Å². The molecule has 0 fully saturated rings. The first-order chi connectivity index (χ1) is 12.2. The number of hydrogen-bond acceptors (Lipinski definition) is 4. The highest BCUT2D eigenvalue weighted by atomic mass is 16.5. The third-order valence-corrected chi connectivity index (χ3v) is 4.62. The van der Waals surface area contributed by atoms with Gasteiger partial charge < -0.3 is 10.5 Å². The van der Waals surface area contributed by atoms with E-state index in [0.29, 0.717) is 6.42 Å². The molecule has 1 unspecified atom stereocenters. The zero-order valence-electron chi connectivity index (χ0n) is 14.6. The van der Waals surface area contributed by atoms with E-state index >= 15 is 0 Å². The lowest BCUT2D eigenvalue weighted by Gasteiger charge is -2.10. The molecule has 0 aliphatic heterocycles. The quantitative estimate of drug-likeness (QED) is 0.649. The van der Waals surface area contributed by atoms with E-state index < -0.39 is 0 Å². The number of rotatable bonds is 6. The zero-order valence-corrected chi connectivity index (χ0v) is 14.6. The fourth-order valence-electron chi connectivity index (χ4n) is 3.34. The average molecular weight is 336 g/mol. The highest BCUT2D eigenvalue weighted by molar-refractivity contribution is 5.80. The van der Waals surface area contributed by atoms with Crippen LogP contribution in [0.3, 0.4) is 0 Å². The van der Waals surface area contributed by atoms with Crippen molar-refractivity contribution in [3.8, 4) is 0 Å². The number of methoxy groups -OCH3 is 1. The molecule has 4 nitrogen and oxygen atoms in total. The predicted molar refractivity (Wildman–Crippen MR) is 99.0 cm³/mol. The molecule has 0 spiro atoms. The highest BCUT2D eigenvalue weighted by Gasteiger charge is 2.19. The van der Waals surface area contributed by atoms with Crippen LogP contribution in [-0.2, 0) is 22.4 Å². The summed E-state index contributed by atoms with van der Waals surface area (Å²) in [6.45, 7) is 0. The molecular weight excluding hydrogens is 312 g/mol. The van der Waals surface area contributed by atoms with Gasteiger partial charge in [-0.1, -0.05) is 30.3 Å². The van der Waals surface area contributed by atoms with Gasteiger partial charge in [0.2, 0.25) is 0 Å². The van der Waals surface area contributed by atoms with E-state index in [1.807, 2.05) is 12.3 Å². The molecule has 1 heterocycles. The zero-order chi connectivity index (χ0) is 17.6. The topological polar surface area (TPSA) is 65.2 Å². The SMILES string of the molecule is COC(=O)CCCC=C(c1cccnc1)c1ccc2c(c1)CC(N)C2. The monoisotopic (exact) mass is 336 g/mol. The fourth-order valence-corrected chi connectivity index (χ4v) is 3.34. The molecule has 0 radical (unpaired) electrons. The summed E-state index contributed by atoms with van der Waals surface area (Å²) in [4.78, 5) is 15.5. The van der Waals surface area contributed by atoms with Crippen LogP contribution in [0.1, 0.15) is 41.5 Å². The maximum absolute atomic E-state index is 11.3. The number of benzene rings is 1. The van der Waals surface area contributed by atoms with Crippen LogP contribution in [0.25, 0.3) is 5.57 Å². The predicted octanol–water partition coefficient (Wildman–Crippen LogP) is 3.28. The van der Waals surface area contributed by atoms with Gasteiger partial charge in [0.1, 0.15) is 0 Å². The number of nitrogens with zero attached hydrogens (tertiary/aromatic N) is 1. The van der Waals surface area contributed by atoms with Gasteiger partial charge >= 0.3 is 5.97 Å². The molecule has 1 aliphatic rings. The van der Waals surface area contributed by atoms with Crippen molar-refractivity contribution in [2.24, 2.45) is 5.73 Å². The van der Waals surface area contributed by atoms with Gasteiger partial charge in [-0.25, -0.2) is 0 Å². The van der Waals surface area contributed by atoms with Gasteiger partial charge in [-0.15, -0.1) is 0 Å². The summed E-state index contributed by atoms with van der Waals surface area (Å²) in [5.41, 5.74) is 12.2. The standard InChI is InChI=1S/C21H24N2O2/c1-25-21(24)7-3-2-6-20(17-5-4-10-23-14-17)16-9-8-15-12-19(22)13-18(15)11-16/h4-6,8-11,14,19H,2-3,7,12-13,22H2,1H3. The summed E-state index contributed by atoms with van der Waals surface area (Å²) in [5, 5.41) is 0. The van der Waals surface area contributed by atoms with Crippen molar-refractivity contribution in [1.29, 1.82) is 0 Å². The smallest absolute Gasteiger partial charge is 0.305 e. The minimum atomic E-state index is -0.164. The maximum Gasteiger partial charge on any atom is 0.305 e. The van der Waals surface area contributed by atoms with Crippen LogP contribution >= 0.6 is 0 Å². The normalized spacial score (nSPS) is 16.6. The Morgan fingerprint density at radius 2 is 2.12 bits per heavy atom. The van der Waals surface area contributed by atoms with Crippen LogP contribution in [0.5, 0.6) is 0 Å². The first-order valence-corrected chi connectivity index (χ1v) is 8.72. The van der Waals surface area contributed by atoms with E-state index in [1.165, 1.54) is 23.8 Å². The molecule has 4 heteroatoms. The number of fused-ring (bicyclic) bond motifs is 1. The number of ether oxygens (including phenoxy) is 1. The summed E-state index contributed by atoms with van der Waals surface area (Å²) in [5.74, 6) is -0.164. The molecule has 1 atom stereocenters. The van der Waals surface area contributed by atoms with Crippen LogP contribution in [0, 0.1) is 0 Å². The van der Waals surface area contributed by atoms with Crippen LogP contribution in [0.2, 0.25) is 0 Å². The van der Waals surface area contributed by atoms with Gasteiger partial charge in [0, 0.05) is 30.4 Å². The molecule has 0 bridgehead atoms. The first-order valence-electron chi connectivity index (χ1n) is 8.72. The van der Waals surface area contributed by atoms with E-state index in [-0.39, 0.29) is 12.0 Å². The van der Waals surface area contributed by atoms with Crippen LogP contribution in [0.4, 0.5) is 0 Å². The van der Waals surface area contributed by atoms with Crippen molar-refractivity contribution in [3.63, 3.8) is 0 Å². The van der Waals surface area contributed by atoms with Crippen LogP contribution in [-0.4, -0.2) is 24.1 Å². The number of hydrogen-bond donors (Lipinski definition) is 1. The first kappa shape index (κ1) is 17.4. The minimum absolute atomic E-state index is 0.164. The van der Waals surface area contributed by atoms with Gasteiger partial charge in [0.25, 0.3) is 0 Å². The summed E-state index contributed by atoms with van der Waals surface area (Å²) < 4.78 is 4.71. The fraction of sp³-hybridized carbons (Fsp3) is 0.333. The van der Waals surface area contributed by atoms with Crippen molar-refractivity contribution >= 4 is 11.5 Å². The van der Waals surface area contributed by atoms with E-state index in [1.54, 1.807) is 6.20 Å². The molecule has 1 aliphatic carbocycles. The molecule has 1 aromatic carbocycles. The Hall–Kier alpha value is -2.46. The van der Waals surface area contributed by atoms with Crippen molar-refractivity contribution in [1.82, 2.24) is 4.98 Å². The van der Waals surface area contributed by atoms with E-state index in [0.717, 1.165) is 36.8 Å². The molecule has 3 rings (SSSR count). The third kappa shape index (κ3) is 4.34. The Bertz CT molecular complexity index is 769. The lowest BCUT2D eigenvalue weighted by Crippen LogP contribution is -2.18. The van der Waals surface area contributed by atoms with Crippen LogP contribution < -0.4 is 5.73 Å². The molecule has 2 N–H and O–H groups in total. The molecule has 0 amide bonds. The Balaban J connectivity index is 1.85. The number of allylic oxidation sites excluding steroid dienone is 1. The Morgan fingerprint density at radius 3 is 2.88 bits per heavy atom. The molecule has 2 aromatic rings.